The van der Waals surface area contributed by atoms with E-state index in [9.17, 15) is 14.9 Å². The molecule has 21 heavy (non-hydrogen) atoms. The van der Waals surface area contributed by atoms with E-state index in [-0.39, 0.29) is 18.0 Å². The highest BCUT2D eigenvalue weighted by atomic mass is 16.6. The third-order valence-corrected chi connectivity index (χ3v) is 3.15. The Morgan fingerprint density at radius 1 is 1.48 bits per heavy atom. The number of hydrogen-bond donors (Lipinski definition) is 0. The molecule has 2 rings (SSSR count). The van der Waals surface area contributed by atoms with Crippen molar-refractivity contribution in [3.05, 3.63) is 58.2 Å². The van der Waals surface area contributed by atoms with Gasteiger partial charge in [0.2, 0.25) is 0 Å². The SMILES string of the molecule is CCOC(=O)c1cncn1C(C)c1ccccc1[N+](=O)[O-]. The number of esters is 1. The number of rotatable bonds is 5. The van der Waals surface area contributed by atoms with Crippen LogP contribution in [0, 0.1) is 10.1 Å². The molecule has 7 nitrogen and oxygen atoms in total. The number of nitro groups is 1. The van der Waals surface area contributed by atoms with Crippen molar-refractivity contribution in [3.8, 4) is 0 Å². The van der Waals surface area contributed by atoms with Crippen LogP contribution >= 0.6 is 0 Å². The minimum Gasteiger partial charge on any atom is -0.461 e. The number of hydrogen-bond acceptors (Lipinski definition) is 5. The van der Waals surface area contributed by atoms with Crippen molar-refractivity contribution in [1.29, 1.82) is 0 Å². The molecular weight excluding hydrogens is 274 g/mol. The number of nitro benzene ring substituents is 1. The van der Waals surface area contributed by atoms with Crippen LogP contribution in [-0.2, 0) is 4.74 Å². The molecule has 0 N–H and O–H groups in total. The lowest BCUT2D eigenvalue weighted by Gasteiger charge is -2.16. The second-order valence-corrected chi connectivity index (χ2v) is 4.40. The summed E-state index contributed by atoms with van der Waals surface area (Å²) in [5.41, 5.74) is 0.780. The molecule has 0 aliphatic heterocycles. The molecule has 1 atom stereocenters. The lowest BCUT2D eigenvalue weighted by atomic mass is 10.1. The van der Waals surface area contributed by atoms with Crippen LogP contribution in [0.4, 0.5) is 5.69 Å². The number of nitrogens with zero attached hydrogens (tertiary/aromatic N) is 3. The maximum Gasteiger partial charge on any atom is 0.356 e. The maximum absolute atomic E-state index is 11.9. The first-order valence-electron chi connectivity index (χ1n) is 6.48. The van der Waals surface area contributed by atoms with Crippen molar-refractivity contribution in [3.63, 3.8) is 0 Å². The molecule has 0 aliphatic carbocycles. The Hall–Kier alpha value is -2.70. The lowest BCUT2D eigenvalue weighted by molar-refractivity contribution is -0.385. The van der Waals surface area contributed by atoms with Crippen LogP contribution in [0.5, 0.6) is 0 Å². The molecule has 0 fully saturated rings. The Morgan fingerprint density at radius 2 is 2.19 bits per heavy atom. The van der Waals surface area contributed by atoms with Gasteiger partial charge in [-0.2, -0.15) is 0 Å². The van der Waals surface area contributed by atoms with Crippen LogP contribution in [0.15, 0.2) is 36.8 Å². The van der Waals surface area contributed by atoms with Crippen LogP contribution in [-0.4, -0.2) is 27.1 Å². The summed E-state index contributed by atoms with van der Waals surface area (Å²) in [6.45, 7) is 3.74. The number of aromatic nitrogens is 2. The van der Waals surface area contributed by atoms with Gasteiger partial charge in [0.1, 0.15) is 5.69 Å². The standard InChI is InChI=1S/C14H15N3O4/c1-3-21-14(18)13-8-15-9-16(13)10(2)11-6-4-5-7-12(11)17(19)20/h4-10H,3H2,1-2H3. The normalized spacial score (nSPS) is 11.9. The second-order valence-electron chi connectivity index (χ2n) is 4.40. The average molecular weight is 289 g/mol. The molecule has 0 radical (unpaired) electrons. The van der Waals surface area contributed by atoms with E-state index >= 15 is 0 Å². The Kier molecular flexibility index (Phi) is 4.32. The molecule has 110 valence electrons. The summed E-state index contributed by atoms with van der Waals surface area (Å²) in [7, 11) is 0. The van der Waals surface area contributed by atoms with Gasteiger partial charge in [-0.05, 0) is 13.8 Å². The fourth-order valence-electron chi connectivity index (χ4n) is 2.13. The van der Waals surface area contributed by atoms with Crippen LogP contribution in [0.2, 0.25) is 0 Å². The summed E-state index contributed by atoms with van der Waals surface area (Å²) in [6, 6.07) is 6.02. The van der Waals surface area contributed by atoms with Gasteiger partial charge in [-0.25, -0.2) is 9.78 Å². The number of imidazole rings is 1. The van der Waals surface area contributed by atoms with Gasteiger partial charge in [-0.3, -0.25) is 10.1 Å². The van der Waals surface area contributed by atoms with Gasteiger partial charge in [0.15, 0.2) is 0 Å². The van der Waals surface area contributed by atoms with Crippen LogP contribution < -0.4 is 0 Å². The Bertz CT molecular complexity index is 666. The molecule has 0 spiro atoms. The van der Waals surface area contributed by atoms with E-state index in [0.29, 0.717) is 5.56 Å². The molecule has 0 saturated carbocycles. The molecule has 7 heteroatoms. The van der Waals surface area contributed by atoms with Gasteiger partial charge in [0.05, 0.1) is 35.7 Å². The van der Waals surface area contributed by atoms with E-state index in [0.717, 1.165) is 0 Å². The number of carbonyl (C=O) groups is 1. The highest BCUT2D eigenvalue weighted by Crippen LogP contribution is 2.28. The van der Waals surface area contributed by atoms with Gasteiger partial charge >= 0.3 is 5.97 Å². The van der Waals surface area contributed by atoms with Crippen molar-refractivity contribution in [1.82, 2.24) is 9.55 Å². The van der Waals surface area contributed by atoms with Crippen LogP contribution in [0.1, 0.15) is 35.9 Å². The topological polar surface area (TPSA) is 87.3 Å². The first-order valence-corrected chi connectivity index (χ1v) is 6.48. The molecular formula is C14H15N3O4. The second kappa shape index (κ2) is 6.17. The molecule has 0 saturated heterocycles. The molecule has 0 bridgehead atoms. The third kappa shape index (κ3) is 2.91. The number of benzene rings is 1. The van der Waals surface area contributed by atoms with Crippen molar-refractivity contribution in [2.75, 3.05) is 6.61 Å². The summed E-state index contributed by atoms with van der Waals surface area (Å²) in [5, 5.41) is 11.1. The van der Waals surface area contributed by atoms with Gasteiger partial charge in [0.25, 0.3) is 5.69 Å². The van der Waals surface area contributed by atoms with Gasteiger partial charge in [-0.15, -0.1) is 0 Å². The fourth-order valence-corrected chi connectivity index (χ4v) is 2.13. The zero-order valence-corrected chi connectivity index (χ0v) is 11.7. The summed E-state index contributed by atoms with van der Waals surface area (Å²) in [4.78, 5) is 26.5. The number of para-hydroxylation sites is 1. The molecule has 1 aromatic heterocycles. The monoisotopic (exact) mass is 289 g/mol. The number of ether oxygens (including phenoxy) is 1. The van der Waals surface area contributed by atoms with Crippen molar-refractivity contribution < 1.29 is 14.5 Å². The molecule has 0 aliphatic rings. The lowest BCUT2D eigenvalue weighted by Crippen LogP contribution is -2.16. The zero-order valence-electron chi connectivity index (χ0n) is 11.7. The smallest absolute Gasteiger partial charge is 0.356 e. The molecule has 2 aromatic rings. The van der Waals surface area contributed by atoms with Gasteiger partial charge in [-0.1, -0.05) is 18.2 Å². The minimum absolute atomic E-state index is 0.00788. The van der Waals surface area contributed by atoms with Crippen molar-refractivity contribution >= 4 is 11.7 Å². The predicted molar refractivity (Wildman–Crippen MR) is 75.1 cm³/mol. The van der Waals surface area contributed by atoms with Crippen molar-refractivity contribution in [2.24, 2.45) is 0 Å². The van der Waals surface area contributed by atoms with Crippen LogP contribution in [0.3, 0.4) is 0 Å². The summed E-state index contributed by atoms with van der Waals surface area (Å²) in [6.07, 6.45) is 2.86. The number of carbonyl (C=O) groups excluding carboxylic acids is 1. The van der Waals surface area contributed by atoms with E-state index in [1.165, 1.54) is 18.6 Å². The van der Waals surface area contributed by atoms with E-state index < -0.39 is 16.9 Å². The molecule has 1 aromatic carbocycles. The summed E-state index contributed by atoms with van der Waals surface area (Å²) in [5.74, 6) is -0.500. The largest absolute Gasteiger partial charge is 0.461 e. The van der Waals surface area contributed by atoms with E-state index in [1.807, 2.05) is 0 Å². The zero-order chi connectivity index (χ0) is 15.4. The van der Waals surface area contributed by atoms with E-state index in [2.05, 4.69) is 4.98 Å². The maximum atomic E-state index is 11.9. The molecule has 0 amide bonds. The van der Waals surface area contributed by atoms with E-state index in [4.69, 9.17) is 4.74 Å². The quantitative estimate of drug-likeness (QED) is 0.479. The van der Waals surface area contributed by atoms with Gasteiger partial charge < -0.3 is 9.30 Å². The third-order valence-electron chi connectivity index (χ3n) is 3.15. The summed E-state index contributed by atoms with van der Waals surface area (Å²) >= 11 is 0. The molecule has 1 heterocycles. The molecule has 1 unspecified atom stereocenters. The highest BCUT2D eigenvalue weighted by molar-refractivity contribution is 5.87. The summed E-state index contributed by atoms with van der Waals surface area (Å²) < 4.78 is 6.53. The Balaban J connectivity index is 2.42. The average Bonchev–Trinajstić information content (AvgIpc) is 2.96. The Morgan fingerprint density at radius 3 is 2.86 bits per heavy atom. The van der Waals surface area contributed by atoms with Gasteiger partial charge in [0, 0.05) is 6.07 Å². The Labute approximate surface area is 121 Å². The first kappa shape index (κ1) is 14.7. The highest BCUT2D eigenvalue weighted by Gasteiger charge is 2.23. The minimum atomic E-state index is -0.500. The van der Waals surface area contributed by atoms with E-state index in [1.54, 1.807) is 36.6 Å². The fraction of sp³-hybridized carbons (Fsp3) is 0.286. The first-order chi connectivity index (χ1) is 10.1. The van der Waals surface area contributed by atoms with Crippen molar-refractivity contribution in [2.45, 2.75) is 19.9 Å². The van der Waals surface area contributed by atoms with Crippen LogP contribution in [0.25, 0.3) is 0 Å². The predicted octanol–water partition coefficient (Wildman–Crippen LogP) is 2.58.